The van der Waals surface area contributed by atoms with Crippen molar-refractivity contribution in [3.8, 4) is 0 Å². The van der Waals surface area contributed by atoms with Gasteiger partial charge in [0, 0.05) is 47.6 Å². The van der Waals surface area contributed by atoms with Crippen molar-refractivity contribution in [1.82, 2.24) is 0 Å². The number of hydrogen-bond acceptors (Lipinski definition) is 1. The van der Waals surface area contributed by atoms with Crippen LogP contribution in [0.15, 0.2) is 91.6 Å². The highest BCUT2D eigenvalue weighted by molar-refractivity contribution is 5.79. The average Bonchev–Trinajstić information content (AvgIpc) is 3.00. The van der Waals surface area contributed by atoms with Gasteiger partial charge in [-0.15, -0.1) is 6.58 Å². The number of aliphatic hydroxyl groups excluding tert-OH is 1. The molecule has 5 atom stereocenters. The quantitative estimate of drug-likeness (QED) is 0.0952. The van der Waals surface area contributed by atoms with Crippen LogP contribution in [0.5, 0.6) is 0 Å². The van der Waals surface area contributed by atoms with Crippen LogP contribution in [-0.4, -0.2) is 28.7 Å². The van der Waals surface area contributed by atoms with E-state index in [1.54, 1.807) is 0 Å². The summed E-state index contributed by atoms with van der Waals surface area (Å²) < 4.78 is 84.8. The Morgan fingerprint density at radius 3 is 2.31 bits per heavy atom. The van der Waals surface area contributed by atoms with E-state index in [-0.39, 0.29) is 34.5 Å². The molecule has 3 fully saturated rings. The number of nitrogens with zero attached hydrogens (tertiary/aromatic N) is 2. The second-order valence-corrected chi connectivity index (χ2v) is 12.8. The van der Waals surface area contributed by atoms with Gasteiger partial charge in [0.25, 0.3) is 0 Å². The number of pyridine rings is 1. The number of hydrogen-bond donors (Lipinski definition) is 1. The second kappa shape index (κ2) is 11.6. The molecular weight excluding hydrogens is 590 g/mol. The van der Waals surface area contributed by atoms with Crippen LogP contribution in [0.2, 0.25) is 0 Å². The Balaban J connectivity index is 1.40. The highest BCUT2D eigenvalue weighted by atomic mass is 19.4. The van der Waals surface area contributed by atoms with Crippen LogP contribution in [0.1, 0.15) is 52.3 Å². The van der Waals surface area contributed by atoms with E-state index in [4.69, 9.17) is 0 Å². The first kappa shape index (κ1) is 31.3. The smallest absolute Gasteiger partial charge is 0.382 e. The zero-order valence-corrected chi connectivity index (χ0v) is 25.0. The number of rotatable bonds is 7. The first-order valence-electron chi connectivity index (χ1n) is 15.2. The van der Waals surface area contributed by atoms with E-state index in [0.717, 1.165) is 40.6 Å². The predicted octanol–water partition coefficient (Wildman–Crippen LogP) is 8.17. The van der Waals surface area contributed by atoms with Crippen LogP contribution in [0.4, 0.5) is 26.3 Å². The first-order chi connectivity index (χ1) is 21.3. The van der Waals surface area contributed by atoms with Gasteiger partial charge in [-0.25, -0.2) is 0 Å². The van der Waals surface area contributed by atoms with Gasteiger partial charge in [-0.05, 0) is 43.2 Å². The van der Waals surface area contributed by atoms with Crippen molar-refractivity contribution in [2.45, 2.75) is 57.4 Å². The maximum absolute atomic E-state index is 13.8. The molecule has 0 spiro atoms. The molecule has 45 heavy (non-hydrogen) atoms. The van der Waals surface area contributed by atoms with Gasteiger partial charge >= 0.3 is 12.4 Å². The monoisotopic (exact) mass is 626 g/mol. The molecule has 4 unspecified atom stereocenters. The summed E-state index contributed by atoms with van der Waals surface area (Å²) in [6, 6.07) is 19.4. The Bertz CT molecular complexity index is 1700. The Kier molecular flexibility index (Phi) is 8.06. The van der Waals surface area contributed by atoms with Gasteiger partial charge in [-0.3, -0.25) is 0 Å². The Morgan fingerprint density at radius 2 is 1.64 bits per heavy atom. The lowest BCUT2D eigenvalue weighted by atomic mass is 9.71. The number of quaternary nitrogens is 1. The minimum Gasteiger partial charge on any atom is -0.382 e. The van der Waals surface area contributed by atoms with Gasteiger partial charge in [-0.2, -0.15) is 30.9 Å². The lowest BCUT2D eigenvalue weighted by Gasteiger charge is -2.58. The molecule has 9 heteroatoms. The number of alkyl halides is 6. The van der Waals surface area contributed by atoms with E-state index < -0.39 is 35.6 Å². The number of aliphatic hydroxyl groups is 1. The molecule has 3 aromatic carbocycles. The molecule has 0 amide bonds. The molecule has 3 nitrogen and oxygen atoms in total. The second-order valence-electron chi connectivity index (χ2n) is 12.8. The van der Waals surface area contributed by atoms with Crippen LogP contribution < -0.4 is 4.57 Å². The maximum Gasteiger partial charge on any atom is 0.416 e. The fraction of sp³-hybridized carbons (Fsp3) is 0.361. The molecule has 4 heterocycles. The Hall–Kier alpha value is -3.69. The minimum atomic E-state index is -4.93. The van der Waals surface area contributed by atoms with Gasteiger partial charge in [0.2, 0.25) is 5.52 Å². The Labute approximate surface area is 258 Å². The zero-order chi connectivity index (χ0) is 32.1. The van der Waals surface area contributed by atoms with Crippen LogP contribution in [0.25, 0.3) is 10.9 Å². The summed E-state index contributed by atoms with van der Waals surface area (Å²) in [5.74, 6) is 0.287. The molecule has 0 radical (unpaired) electrons. The number of piperidine rings is 3. The standard InChI is InChI=1S/C36H36F6N2O/c1-3-26-22-44(21-25-16-28(35(37,38)39)19-29(17-25)36(40,41)42)14-12-27(26)18-33(44)34(45)31-11-13-43(32-10-5-4-9-30(31)32)20-24-8-6-7-23(2)15-24/h3-11,13,15-17,19,26-27,33-34,45H,1,12,14,18,20-22H2,2H3/q+2/t26?,27?,33?,34-,44?/m1/s1. The fourth-order valence-electron chi connectivity index (χ4n) is 7.77. The summed E-state index contributed by atoms with van der Waals surface area (Å²) >= 11 is 0. The van der Waals surface area contributed by atoms with Gasteiger partial charge in [0.05, 0.1) is 29.6 Å². The summed E-state index contributed by atoms with van der Waals surface area (Å²) in [6.07, 6.45) is -5.69. The molecule has 4 aromatic rings. The van der Waals surface area contributed by atoms with Crippen molar-refractivity contribution in [3.63, 3.8) is 0 Å². The molecule has 3 aliphatic heterocycles. The number of fused-ring (bicyclic) bond motifs is 4. The molecule has 2 bridgehead atoms. The number of benzene rings is 3. The molecule has 236 valence electrons. The number of aromatic nitrogens is 1. The topological polar surface area (TPSA) is 24.1 Å². The van der Waals surface area contributed by atoms with Crippen molar-refractivity contribution in [1.29, 1.82) is 0 Å². The third-order valence-corrected chi connectivity index (χ3v) is 9.90. The normalized spacial score (nSPS) is 24.1. The Morgan fingerprint density at radius 1 is 0.933 bits per heavy atom. The van der Waals surface area contributed by atoms with Crippen LogP contribution in [-0.2, 0) is 25.4 Å². The van der Waals surface area contributed by atoms with Crippen molar-refractivity contribution in [3.05, 3.63) is 125 Å². The molecule has 0 aliphatic carbocycles. The van der Waals surface area contributed by atoms with E-state index in [1.807, 2.05) is 61.7 Å². The zero-order valence-electron chi connectivity index (χ0n) is 25.0. The summed E-state index contributed by atoms with van der Waals surface area (Å²) in [7, 11) is 0. The van der Waals surface area contributed by atoms with Gasteiger partial charge in [0.1, 0.15) is 18.7 Å². The van der Waals surface area contributed by atoms with Gasteiger partial charge < -0.3 is 9.59 Å². The van der Waals surface area contributed by atoms with E-state index in [9.17, 15) is 31.4 Å². The number of aryl methyl sites for hydroxylation is 1. The lowest BCUT2D eigenvalue weighted by Crippen LogP contribution is -2.67. The SMILES string of the molecule is C=CC1C[N+]2(Cc3cc(C(F)(F)F)cc(C(F)(F)F)c3)CCC1CC2[C@H](O)c1cc[n+](Cc2cccc(C)c2)c2ccccc12. The maximum atomic E-state index is 13.8. The lowest BCUT2D eigenvalue weighted by molar-refractivity contribution is -0.985. The highest BCUT2D eigenvalue weighted by Gasteiger charge is 2.54. The van der Waals surface area contributed by atoms with E-state index in [0.29, 0.717) is 31.6 Å². The van der Waals surface area contributed by atoms with E-state index >= 15 is 0 Å². The van der Waals surface area contributed by atoms with Crippen molar-refractivity contribution in [2.24, 2.45) is 11.8 Å². The fourth-order valence-corrected chi connectivity index (χ4v) is 7.77. The van der Waals surface area contributed by atoms with Crippen molar-refractivity contribution < 1.29 is 40.5 Å². The summed E-state index contributed by atoms with van der Waals surface area (Å²) in [4.78, 5) is 0. The summed E-state index contributed by atoms with van der Waals surface area (Å²) in [6.45, 7) is 7.63. The van der Waals surface area contributed by atoms with E-state index in [2.05, 4.69) is 23.3 Å². The van der Waals surface area contributed by atoms with Crippen LogP contribution in [0, 0.1) is 18.8 Å². The number of para-hydroxylation sites is 1. The van der Waals surface area contributed by atoms with Crippen LogP contribution >= 0.6 is 0 Å². The summed E-state index contributed by atoms with van der Waals surface area (Å²) in [5, 5.41) is 13.0. The van der Waals surface area contributed by atoms with E-state index in [1.165, 1.54) is 0 Å². The molecule has 7 rings (SSSR count). The molecule has 3 aliphatic rings. The third-order valence-electron chi connectivity index (χ3n) is 9.90. The van der Waals surface area contributed by atoms with Crippen molar-refractivity contribution in [2.75, 3.05) is 13.1 Å². The minimum absolute atomic E-state index is 0.0357. The average molecular weight is 627 g/mol. The molecular formula is C36H36F6N2O+2. The summed E-state index contributed by atoms with van der Waals surface area (Å²) in [5.41, 5.74) is 1.25. The molecule has 1 aromatic heterocycles. The molecule has 0 saturated carbocycles. The van der Waals surface area contributed by atoms with Gasteiger partial charge in [-0.1, -0.05) is 42.0 Å². The third kappa shape index (κ3) is 6.12. The van der Waals surface area contributed by atoms with Crippen molar-refractivity contribution >= 4 is 10.9 Å². The predicted molar refractivity (Wildman–Crippen MR) is 160 cm³/mol. The van der Waals surface area contributed by atoms with Crippen LogP contribution in [0.3, 0.4) is 0 Å². The van der Waals surface area contributed by atoms with Gasteiger partial charge in [0.15, 0.2) is 12.7 Å². The molecule has 3 saturated heterocycles. The largest absolute Gasteiger partial charge is 0.416 e. The molecule has 1 N–H and O–H groups in total. The number of halogens is 6. The highest BCUT2D eigenvalue weighted by Crippen LogP contribution is 2.48. The first-order valence-corrected chi connectivity index (χ1v) is 15.2.